The monoisotopic (exact) mass is 202 g/mol. The fourth-order valence-corrected chi connectivity index (χ4v) is 1.00. The third-order valence-corrected chi connectivity index (χ3v) is 1.69. The first-order valence-electron chi connectivity index (χ1n) is 3.62. The molecule has 0 bridgehead atoms. The summed E-state index contributed by atoms with van der Waals surface area (Å²) in [6.45, 7) is 0. The maximum absolute atomic E-state index is 12.8. The molecule has 2 nitrogen and oxygen atoms in total. The molecule has 1 aromatic rings. The maximum Gasteiger partial charge on any atom is 0.264 e. The molecule has 0 aliphatic heterocycles. The number of alkyl halides is 2. The van der Waals surface area contributed by atoms with Crippen LogP contribution in [0.4, 0.5) is 13.2 Å². The normalized spacial score (nSPS) is 10.3. The highest BCUT2D eigenvalue weighted by atomic mass is 19.3. The van der Waals surface area contributed by atoms with E-state index in [-0.39, 0.29) is 18.1 Å². The van der Waals surface area contributed by atoms with Crippen LogP contribution in [0.3, 0.4) is 0 Å². The number of hydrogen-bond donors (Lipinski definition) is 0. The Morgan fingerprint density at radius 2 is 1.64 bits per heavy atom. The predicted octanol–water partition coefficient (Wildman–Crippen LogP) is 2.39. The lowest BCUT2D eigenvalue weighted by Crippen LogP contribution is -1.98. The van der Waals surface area contributed by atoms with Crippen LogP contribution in [0.1, 0.15) is 32.7 Å². The van der Waals surface area contributed by atoms with Gasteiger partial charge in [0, 0.05) is 11.1 Å². The maximum atomic E-state index is 12.8. The van der Waals surface area contributed by atoms with E-state index < -0.39 is 23.4 Å². The van der Waals surface area contributed by atoms with Crippen molar-refractivity contribution in [1.29, 1.82) is 0 Å². The van der Waals surface area contributed by atoms with Gasteiger partial charge in [0.15, 0.2) is 12.6 Å². The van der Waals surface area contributed by atoms with E-state index in [1.807, 2.05) is 0 Å². The zero-order valence-corrected chi connectivity index (χ0v) is 6.84. The summed E-state index contributed by atoms with van der Waals surface area (Å²) < 4.78 is 37.3. The molecule has 74 valence electrons. The van der Waals surface area contributed by atoms with Crippen LogP contribution in [0.15, 0.2) is 12.1 Å². The molecule has 0 saturated heterocycles. The van der Waals surface area contributed by atoms with Gasteiger partial charge in [0.05, 0.1) is 5.56 Å². The summed E-state index contributed by atoms with van der Waals surface area (Å²) in [6, 6.07) is 1.30. The van der Waals surface area contributed by atoms with Gasteiger partial charge in [0.25, 0.3) is 6.43 Å². The van der Waals surface area contributed by atoms with Gasteiger partial charge >= 0.3 is 0 Å². The van der Waals surface area contributed by atoms with Gasteiger partial charge in [0.1, 0.15) is 5.82 Å². The van der Waals surface area contributed by atoms with Gasteiger partial charge in [-0.3, -0.25) is 9.59 Å². The molecule has 0 unspecified atom stereocenters. The quantitative estimate of drug-likeness (QED) is 0.705. The molecule has 1 rings (SSSR count). The number of halogens is 3. The largest absolute Gasteiger partial charge is 0.298 e. The Balaban J connectivity index is 3.38. The van der Waals surface area contributed by atoms with Crippen LogP contribution in [0, 0.1) is 5.82 Å². The molecule has 14 heavy (non-hydrogen) atoms. The molecule has 1 aromatic carbocycles. The van der Waals surface area contributed by atoms with E-state index in [1.165, 1.54) is 0 Å². The summed E-state index contributed by atoms with van der Waals surface area (Å²) in [7, 11) is 0. The van der Waals surface area contributed by atoms with E-state index in [0.29, 0.717) is 6.07 Å². The van der Waals surface area contributed by atoms with Crippen molar-refractivity contribution in [3.8, 4) is 0 Å². The van der Waals surface area contributed by atoms with Gasteiger partial charge in [-0.25, -0.2) is 13.2 Å². The van der Waals surface area contributed by atoms with Gasteiger partial charge in [0.2, 0.25) is 0 Å². The number of aldehydes is 2. The smallest absolute Gasteiger partial charge is 0.264 e. The fourth-order valence-electron chi connectivity index (χ4n) is 1.00. The Labute approximate surface area is 77.3 Å². The van der Waals surface area contributed by atoms with E-state index >= 15 is 0 Å². The third kappa shape index (κ3) is 1.81. The van der Waals surface area contributed by atoms with Crippen molar-refractivity contribution in [1.82, 2.24) is 0 Å². The van der Waals surface area contributed by atoms with E-state index in [9.17, 15) is 22.8 Å². The van der Waals surface area contributed by atoms with E-state index in [1.54, 1.807) is 0 Å². The van der Waals surface area contributed by atoms with Crippen molar-refractivity contribution in [2.45, 2.75) is 6.43 Å². The molecule has 0 aromatic heterocycles. The van der Waals surface area contributed by atoms with Crippen molar-refractivity contribution < 1.29 is 22.8 Å². The highest BCUT2D eigenvalue weighted by Crippen LogP contribution is 2.24. The molecular formula is C9H5F3O2. The van der Waals surface area contributed by atoms with E-state index in [2.05, 4.69) is 0 Å². The first kappa shape index (κ1) is 10.4. The van der Waals surface area contributed by atoms with E-state index in [0.717, 1.165) is 6.07 Å². The molecule has 0 atom stereocenters. The first-order valence-corrected chi connectivity index (χ1v) is 3.62. The lowest BCUT2D eigenvalue weighted by Gasteiger charge is -2.04. The molecule has 0 N–H and O–H groups in total. The number of carbonyl (C=O) groups is 2. The van der Waals surface area contributed by atoms with Gasteiger partial charge < -0.3 is 0 Å². The highest BCUT2D eigenvalue weighted by Gasteiger charge is 2.16. The molecule has 0 aliphatic carbocycles. The zero-order chi connectivity index (χ0) is 10.7. The van der Waals surface area contributed by atoms with Crippen molar-refractivity contribution >= 4 is 12.6 Å². The summed E-state index contributed by atoms with van der Waals surface area (Å²) in [5.74, 6) is -1.05. The SMILES string of the molecule is O=Cc1cc(C=O)c(C(F)F)cc1F. The van der Waals surface area contributed by atoms with Crippen molar-refractivity contribution in [3.63, 3.8) is 0 Å². The van der Waals surface area contributed by atoms with Crippen LogP contribution in [0.2, 0.25) is 0 Å². The Morgan fingerprint density at radius 1 is 1.07 bits per heavy atom. The Hall–Kier alpha value is -1.65. The Kier molecular flexibility index (Phi) is 3.01. The predicted molar refractivity (Wildman–Crippen MR) is 42.1 cm³/mol. The summed E-state index contributed by atoms with van der Waals surface area (Å²) in [5.41, 5.74) is -1.48. The minimum Gasteiger partial charge on any atom is -0.298 e. The summed E-state index contributed by atoms with van der Waals surface area (Å²) >= 11 is 0. The lowest BCUT2D eigenvalue weighted by atomic mass is 10.1. The second kappa shape index (κ2) is 4.04. The number of benzene rings is 1. The van der Waals surface area contributed by atoms with Gasteiger partial charge in [-0.2, -0.15) is 0 Å². The van der Waals surface area contributed by atoms with Crippen LogP contribution >= 0.6 is 0 Å². The van der Waals surface area contributed by atoms with Gasteiger partial charge in [-0.15, -0.1) is 0 Å². The molecule has 0 fully saturated rings. The molecule has 0 amide bonds. The highest BCUT2D eigenvalue weighted by molar-refractivity contribution is 5.83. The topological polar surface area (TPSA) is 34.1 Å². The van der Waals surface area contributed by atoms with Crippen LogP contribution in [-0.4, -0.2) is 12.6 Å². The zero-order valence-electron chi connectivity index (χ0n) is 6.84. The van der Waals surface area contributed by atoms with Crippen molar-refractivity contribution in [2.24, 2.45) is 0 Å². The van der Waals surface area contributed by atoms with Crippen LogP contribution in [0.5, 0.6) is 0 Å². The molecule has 5 heteroatoms. The standard InChI is InChI=1S/C9H5F3O2/c10-8-2-7(9(11)12)5(3-13)1-6(8)4-14/h1-4,9H. The lowest BCUT2D eigenvalue weighted by molar-refractivity contribution is 0.110. The number of carbonyl (C=O) groups excluding carboxylic acids is 2. The molecule has 0 aliphatic rings. The minimum atomic E-state index is -2.94. The summed E-state index contributed by atoms with van der Waals surface area (Å²) in [4.78, 5) is 20.6. The molecule has 0 spiro atoms. The third-order valence-electron chi connectivity index (χ3n) is 1.69. The number of hydrogen-bond acceptors (Lipinski definition) is 2. The number of rotatable bonds is 3. The Morgan fingerprint density at radius 3 is 2.07 bits per heavy atom. The average Bonchev–Trinajstić information content (AvgIpc) is 2.17. The summed E-state index contributed by atoms with van der Waals surface area (Å²) in [6.07, 6.45) is -2.61. The Bertz CT molecular complexity index is 375. The minimum absolute atomic E-state index is 0.161. The van der Waals surface area contributed by atoms with Crippen LogP contribution < -0.4 is 0 Å². The fraction of sp³-hybridized carbons (Fsp3) is 0.111. The second-order valence-corrected chi connectivity index (χ2v) is 2.54. The molecule has 0 saturated carbocycles. The second-order valence-electron chi connectivity index (χ2n) is 2.54. The first-order chi connectivity index (χ1) is 6.60. The average molecular weight is 202 g/mol. The van der Waals surface area contributed by atoms with Crippen molar-refractivity contribution in [2.75, 3.05) is 0 Å². The molecular weight excluding hydrogens is 197 g/mol. The molecule has 0 radical (unpaired) electrons. The molecule has 0 heterocycles. The van der Waals surface area contributed by atoms with Crippen LogP contribution in [0.25, 0.3) is 0 Å². The van der Waals surface area contributed by atoms with Crippen LogP contribution in [-0.2, 0) is 0 Å². The van der Waals surface area contributed by atoms with Crippen molar-refractivity contribution in [3.05, 3.63) is 34.6 Å². The van der Waals surface area contributed by atoms with E-state index in [4.69, 9.17) is 0 Å². The van der Waals surface area contributed by atoms with Gasteiger partial charge in [-0.05, 0) is 12.1 Å². The van der Waals surface area contributed by atoms with Gasteiger partial charge in [-0.1, -0.05) is 0 Å². The summed E-state index contributed by atoms with van der Waals surface area (Å²) in [5, 5.41) is 0.